The van der Waals surface area contributed by atoms with Crippen molar-refractivity contribution in [2.75, 3.05) is 23.9 Å². The molecule has 3 unspecified atom stereocenters. The highest BCUT2D eigenvalue weighted by molar-refractivity contribution is 8.00. The lowest BCUT2D eigenvalue weighted by molar-refractivity contribution is -0.137. The van der Waals surface area contributed by atoms with E-state index in [1.54, 1.807) is 48.5 Å². The first-order valence-corrected chi connectivity index (χ1v) is 14.8. The predicted octanol–water partition coefficient (Wildman–Crippen LogP) is 5.28. The molecule has 2 aliphatic rings. The number of anilines is 2. The predicted molar refractivity (Wildman–Crippen MR) is 157 cm³/mol. The van der Waals surface area contributed by atoms with Gasteiger partial charge in [-0.1, -0.05) is 47.4 Å². The lowest BCUT2D eigenvalue weighted by atomic mass is 9.83. The summed E-state index contributed by atoms with van der Waals surface area (Å²) in [4.78, 5) is 55.5. The molecule has 9 nitrogen and oxygen atoms in total. The fourth-order valence-corrected chi connectivity index (χ4v) is 7.83. The Kier molecular flexibility index (Phi) is 7.72. The zero-order valence-electron chi connectivity index (χ0n) is 22.7. The summed E-state index contributed by atoms with van der Waals surface area (Å²) in [6.45, 7) is -0.291. The number of nitrogens with one attached hydrogen (secondary N) is 2. The minimum atomic E-state index is -4.79. The number of fused-ring (bicyclic) bond motifs is 2. The molecule has 1 fully saturated rings. The number of imide groups is 1. The quantitative estimate of drug-likeness (QED) is 0.264. The molecule has 0 spiro atoms. The van der Waals surface area contributed by atoms with Crippen molar-refractivity contribution in [1.82, 2.24) is 4.98 Å². The number of para-hydroxylation sites is 1. The molecular weight excluding hydrogens is 619 g/mol. The number of hydrogen-bond acceptors (Lipinski definition) is 8. The molecule has 1 saturated heterocycles. The first kappa shape index (κ1) is 29.5. The second-order valence-corrected chi connectivity index (χ2v) is 12.1. The van der Waals surface area contributed by atoms with E-state index < -0.39 is 52.2 Å². The minimum Gasteiger partial charge on any atom is -0.497 e. The Morgan fingerprint density at radius 1 is 0.955 bits per heavy atom. The van der Waals surface area contributed by atoms with E-state index in [1.165, 1.54) is 19.2 Å². The number of aromatic nitrogens is 1. The maximum Gasteiger partial charge on any atom is 0.418 e. The first-order chi connectivity index (χ1) is 21.0. The summed E-state index contributed by atoms with van der Waals surface area (Å²) >= 11 is 1.86. The van der Waals surface area contributed by atoms with Gasteiger partial charge in [0.15, 0.2) is 6.61 Å². The molecule has 0 radical (unpaired) electrons. The molecule has 0 bridgehead atoms. The Labute approximate surface area is 256 Å². The van der Waals surface area contributed by atoms with Crippen molar-refractivity contribution >= 4 is 52.2 Å². The number of alkyl halides is 3. The van der Waals surface area contributed by atoms with E-state index in [9.17, 15) is 32.3 Å². The number of carbonyl (C=O) groups excluding carboxylic acids is 3. The lowest BCUT2D eigenvalue weighted by Crippen LogP contribution is -2.33. The van der Waals surface area contributed by atoms with Gasteiger partial charge >= 0.3 is 11.0 Å². The maximum absolute atomic E-state index is 13.8. The zero-order valence-corrected chi connectivity index (χ0v) is 24.3. The van der Waals surface area contributed by atoms with Gasteiger partial charge in [0.2, 0.25) is 11.8 Å². The van der Waals surface area contributed by atoms with Gasteiger partial charge in [-0.2, -0.15) is 13.2 Å². The molecule has 2 aliphatic heterocycles. The van der Waals surface area contributed by atoms with Crippen LogP contribution in [-0.2, 0) is 20.6 Å². The van der Waals surface area contributed by atoms with E-state index in [1.807, 2.05) is 0 Å². The van der Waals surface area contributed by atoms with Crippen LogP contribution in [0.3, 0.4) is 0 Å². The topological polar surface area (TPSA) is 118 Å². The number of hydrogen-bond donors (Lipinski definition) is 2. The van der Waals surface area contributed by atoms with Gasteiger partial charge in [-0.05, 0) is 54.1 Å². The molecule has 3 amide bonds. The summed E-state index contributed by atoms with van der Waals surface area (Å²) < 4.78 is 52.2. The highest BCUT2D eigenvalue weighted by Gasteiger charge is 2.57. The smallest absolute Gasteiger partial charge is 0.418 e. The zero-order chi connectivity index (χ0) is 31.2. The average Bonchev–Trinajstić information content (AvgIpc) is 3.50. The van der Waals surface area contributed by atoms with E-state index >= 15 is 0 Å². The number of thiazole rings is 1. The molecule has 2 N–H and O–H groups in total. The Morgan fingerprint density at radius 2 is 1.64 bits per heavy atom. The fraction of sp³-hybridized carbons (Fsp3) is 0.200. The first-order valence-electron chi connectivity index (χ1n) is 13.2. The van der Waals surface area contributed by atoms with Crippen LogP contribution in [0.1, 0.15) is 21.9 Å². The van der Waals surface area contributed by atoms with Gasteiger partial charge in [0.05, 0.1) is 29.3 Å². The summed E-state index contributed by atoms with van der Waals surface area (Å²) in [6.07, 6.45) is -4.79. The summed E-state index contributed by atoms with van der Waals surface area (Å²) in [7, 11) is 1.54. The maximum atomic E-state index is 13.8. The van der Waals surface area contributed by atoms with Crippen molar-refractivity contribution in [1.29, 1.82) is 0 Å². The number of ether oxygens (including phenoxy) is 2. The number of thioether (sulfide) groups is 1. The van der Waals surface area contributed by atoms with Crippen molar-refractivity contribution < 1.29 is 37.0 Å². The third kappa shape index (κ3) is 5.46. The van der Waals surface area contributed by atoms with Crippen molar-refractivity contribution in [3.8, 4) is 11.5 Å². The Balaban J connectivity index is 1.25. The molecule has 3 aromatic carbocycles. The molecule has 44 heavy (non-hydrogen) atoms. The summed E-state index contributed by atoms with van der Waals surface area (Å²) in [6, 6.07) is 17.7. The average molecular weight is 642 g/mol. The molecule has 6 rings (SSSR count). The molecule has 0 saturated carbocycles. The number of carbonyl (C=O) groups is 3. The highest BCUT2D eigenvalue weighted by atomic mass is 32.2. The molecule has 14 heteroatoms. The Morgan fingerprint density at radius 3 is 2.32 bits per heavy atom. The van der Waals surface area contributed by atoms with Gasteiger partial charge in [0.25, 0.3) is 5.91 Å². The third-order valence-electron chi connectivity index (χ3n) is 7.26. The number of amides is 3. The summed E-state index contributed by atoms with van der Waals surface area (Å²) in [5.74, 6) is -2.83. The number of halogens is 3. The number of H-pyrrole nitrogens is 1. The van der Waals surface area contributed by atoms with Crippen molar-refractivity contribution in [3.05, 3.63) is 98.5 Å². The highest BCUT2D eigenvalue weighted by Crippen LogP contribution is 2.54. The standard InChI is InChI=1S/C30H22F3N3O6S2/c1-41-17-12-8-16(9-13-17)34-21(37)14-42-18-10-6-15(7-11-18)22-23-25(43-26-24(22)44-29(40)35-26)28(39)36(27(23)38)20-5-3-2-4-19(20)30(31,32)33/h2-13,22-23,25H,14H2,1H3,(H,34,37)(H,35,40). The summed E-state index contributed by atoms with van der Waals surface area (Å²) in [5.41, 5.74) is -0.512. The lowest BCUT2D eigenvalue weighted by Gasteiger charge is -2.29. The van der Waals surface area contributed by atoms with Gasteiger partial charge in [0, 0.05) is 16.5 Å². The van der Waals surface area contributed by atoms with Gasteiger partial charge < -0.3 is 19.8 Å². The van der Waals surface area contributed by atoms with E-state index in [-0.39, 0.29) is 11.5 Å². The molecular formula is C30H22F3N3O6S2. The molecule has 0 aliphatic carbocycles. The van der Waals surface area contributed by atoms with E-state index in [2.05, 4.69) is 10.3 Å². The molecule has 1 aromatic heterocycles. The van der Waals surface area contributed by atoms with Gasteiger partial charge in [-0.15, -0.1) is 0 Å². The van der Waals surface area contributed by atoms with Crippen molar-refractivity contribution in [3.63, 3.8) is 0 Å². The number of benzene rings is 3. The van der Waals surface area contributed by atoms with Gasteiger partial charge in [0.1, 0.15) is 16.7 Å². The van der Waals surface area contributed by atoms with Crippen LogP contribution in [0.15, 0.2) is 82.6 Å². The van der Waals surface area contributed by atoms with Gasteiger partial charge in [-0.3, -0.25) is 19.2 Å². The number of methoxy groups -OCH3 is 1. The van der Waals surface area contributed by atoms with E-state index in [0.29, 0.717) is 37.6 Å². The number of aromatic amines is 1. The van der Waals surface area contributed by atoms with Crippen LogP contribution in [0.4, 0.5) is 24.5 Å². The van der Waals surface area contributed by atoms with Crippen molar-refractivity contribution in [2.24, 2.45) is 5.92 Å². The number of nitrogens with zero attached hydrogens (tertiary/aromatic N) is 1. The Bertz CT molecular complexity index is 1800. The Hall–Kier alpha value is -4.56. The summed E-state index contributed by atoms with van der Waals surface area (Å²) in [5, 5.41) is 2.05. The van der Waals surface area contributed by atoms with Crippen LogP contribution in [0.5, 0.6) is 11.5 Å². The SMILES string of the molecule is COc1ccc(NC(=O)COc2ccc(C3c4sc(=O)[nH]c4SC4C(=O)N(c5ccccc5C(F)(F)F)C(=O)C43)cc2)cc1. The second kappa shape index (κ2) is 11.5. The van der Waals surface area contributed by atoms with Crippen LogP contribution in [-0.4, -0.2) is 41.7 Å². The van der Waals surface area contributed by atoms with Crippen LogP contribution in [0.2, 0.25) is 0 Å². The molecule has 3 atom stereocenters. The van der Waals surface area contributed by atoms with E-state index in [0.717, 1.165) is 35.2 Å². The second-order valence-electron chi connectivity index (χ2n) is 9.91. The third-order valence-corrected chi connectivity index (χ3v) is 9.66. The monoisotopic (exact) mass is 641 g/mol. The normalized spacial score (nSPS) is 19.4. The molecule has 226 valence electrons. The fourth-order valence-electron chi connectivity index (χ4n) is 5.31. The van der Waals surface area contributed by atoms with Gasteiger partial charge in [-0.25, -0.2) is 4.90 Å². The molecule has 3 heterocycles. The van der Waals surface area contributed by atoms with Crippen LogP contribution < -0.4 is 24.6 Å². The minimum absolute atomic E-state index is 0.291. The largest absolute Gasteiger partial charge is 0.497 e. The van der Waals surface area contributed by atoms with E-state index in [4.69, 9.17) is 9.47 Å². The van der Waals surface area contributed by atoms with Crippen molar-refractivity contribution in [2.45, 2.75) is 22.4 Å². The number of rotatable bonds is 7. The molecule has 4 aromatic rings. The van der Waals surface area contributed by atoms with Crippen LogP contribution >= 0.6 is 23.1 Å². The van der Waals surface area contributed by atoms with Crippen LogP contribution in [0.25, 0.3) is 0 Å². The van der Waals surface area contributed by atoms with Crippen LogP contribution in [0, 0.1) is 5.92 Å².